The fraction of sp³-hybridized carbons (Fsp3) is 0.0526. The van der Waals surface area contributed by atoms with Crippen molar-refractivity contribution in [2.24, 2.45) is 4.99 Å². The maximum absolute atomic E-state index is 5.53. The standard InChI is InChI=1S/C19H12BrN3O3/c20-13-9-16-15(25-11-26-16)8-12(13)10-21-19-18(14-4-3-7-24-14)22-17-5-1-2-6-23(17)19/h1-10H,11H2/b21-10+. The van der Waals surface area contributed by atoms with E-state index in [0.29, 0.717) is 23.0 Å². The number of rotatable bonds is 3. The van der Waals surface area contributed by atoms with E-state index in [4.69, 9.17) is 18.9 Å². The zero-order chi connectivity index (χ0) is 17.5. The van der Waals surface area contributed by atoms with Gasteiger partial charge in [-0.25, -0.2) is 9.98 Å². The Balaban J connectivity index is 1.63. The van der Waals surface area contributed by atoms with Gasteiger partial charge < -0.3 is 13.9 Å². The molecule has 0 unspecified atom stereocenters. The summed E-state index contributed by atoms with van der Waals surface area (Å²) in [7, 11) is 0. The summed E-state index contributed by atoms with van der Waals surface area (Å²) in [6, 6.07) is 13.3. The summed E-state index contributed by atoms with van der Waals surface area (Å²) in [5, 5.41) is 0. The van der Waals surface area contributed by atoms with Gasteiger partial charge in [0.15, 0.2) is 28.8 Å². The molecular formula is C19H12BrN3O3. The van der Waals surface area contributed by atoms with Crippen LogP contribution in [-0.4, -0.2) is 22.4 Å². The molecule has 0 atom stereocenters. The maximum Gasteiger partial charge on any atom is 0.231 e. The van der Waals surface area contributed by atoms with Gasteiger partial charge >= 0.3 is 0 Å². The van der Waals surface area contributed by atoms with E-state index in [0.717, 1.165) is 21.4 Å². The third kappa shape index (κ3) is 2.48. The normalized spacial score (nSPS) is 13.1. The molecule has 6 nitrogen and oxygen atoms in total. The smallest absolute Gasteiger partial charge is 0.231 e. The fourth-order valence-corrected chi connectivity index (χ4v) is 3.27. The number of hydrogen-bond donors (Lipinski definition) is 0. The number of aromatic nitrogens is 2. The number of hydrogen-bond acceptors (Lipinski definition) is 5. The molecule has 0 radical (unpaired) electrons. The Hall–Kier alpha value is -3.06. The molecule has 4 heterocycles. The van der Waals surface area contributed by atoms with Gasteiger partial charge in [-0.3, -0.25) is 4.40 Å². The Morgan fingerprint density at radius 2 is 2.00 bits per heavy atom. The lowest BCUT2D eigenvalue weighted by atomic mass is 10.2. The summed E-state index contributed by atoms with van der Waals surface area (Å²) in [5.41, 5.74) is 2.37. The van der Waals surface area contributed by atoms with Crippen LogP contribution in [0.3, 0.4) is 0 Å². The minimum atomic E-state index is 0.234. The first-order valence-corrected chi connectivity index (χ1v) is 8.73. The third-order valence-corrected chi connectivity index (χ3v) is 4.76. The van der Waals surface area contributed by atoms with Crippen molar-refractivity contribution in [3.63, 3.8) is 0 Å². The second-order valence-electron chi connectivity index (χ2n) is 5.68. The van der Waals surface area contributed by atoms with Gasteiger partial charge in [-0.2, -0.15) is 0 Å². The molecule has 5 rings (SSSR count). The number of nitrogens with zero attached hydrogens (tertiary/aromatic N) is 3. The van der Waals surface area contributed by atoms with Gasteiger partial charge in [0.05, 0.1) is 6.26 Å². The third-order valence-electron chi connectivity index (χ3n) is 4.08. The summed E-state index contributed by atoms with van der Waals surface area (Å²) in [4.78, 5) is 9.34. The summed E-state index contributed by atoms with van der Waals surface area (Å²) >= 11 is 3.55. The van der Waals surface area contributed by atoms with Crippen LogP contribution in [0.1, 0.15) is 5.56 Å². The lowest BCUT2D eigenvalue weighted by molar-refractivity contribution is 0.174. The summed E-state index contributed by atoms with van der Waals surface area (Å²) in [5.74, 6) is 2.80. The summed E-state index contributed by atoms with van der Waals surface area (Å²) < 4.78 is 19.2. The molecule has 4 aromatic rings. The molecule has 0 amide bonds. The van der Waals surface area contributed by atoms with Crippen molar-refractivity contribution in [1.29, 1.82) is 0 Å². The van der Waals surface area contributed by atoms with E-state index in [2.05, 4.69) is 20.9 Å². The number of pyridine rings is 1. The number of halogens is 1. The topological polar surface area (TPSA) is 61.3 Å². The first-order valence-electron chi connectivity index (χ1n) is 7.94. The molecule has 128 valence electrons. The van der Waals surface area contributed by atoms with Crippen LogP contribution >= 0.6 is 15.9 Å². The van der Waals surface area contributed by atoms with Gasteiger partial charge in [-0.05, 0) is 52.3 Å². The van der Waals surface area contributed by atoms with E-state index in [-0.39, 0.29) is 6.79 Å². The largest absolute Gasteiger partial charge is 0.463 e. The second kappa shape index (κ2) is 6.03. The van der Waals surface area contributed by atoms with Crippen LogP contribution in [0.2, 0.25) is 0 Å². The van der Waals surface area contributed by atoms with Crippen LogP contribution in [0, 0.1) is 0 Å². The highest BCUT2D eigenvalue weighted by atomic mass is 79.9. The number of fused-ring (bicyclic) bond motifs is 2. The van der Waals surface area contributed by atoms with Crippen molar-refractivity contribution in [2.75, 3.05) is 6.79 Å². The number of imidazole rings is 1. The molecule has 1 aliphatic heterocycles. The SMILES string of the molecule is Brc1cc2c(cc1/C=N/c1c(-c3ccco3)nc3ccccn13)OCO2. The van der Waals surface area contributed by atoms with E-state index < -0.39 is 0 Å². The van der Waals surface area contributed by atoms with Crippen molar-refractivity contribution in [1.82, 2.24) is 9.38 Å². The molecule has 0 bridgehead atoms. The zero-order valence-corrected chi connectivity index (χ0v) is 15.0. The van der Waals surface area contributed by atoms with Gasteiger partial charge in [0, 0.05) is 22.4 Å². The van der Waals surface area contributed by atoms with Crippen molar-refractivity contribution >= 4 is 33.6 Å². The molecule has 3 aromatic heterocycles. The Kier molecular flexibility index (Phi) is 3.53. The molecule has 1 aromatic carbocycles. The molecule has 7 heteroatoms. The predicted molar refractivity (Wildman–Crippen MR) is 100 cm³/mol. The minimum Gasteiger partial charge on any atom is -0.463 e. The summed E-state index contributed by atoms with van der Waals surface area (Å²) in [6.45, 7) is 0.234. The maximum atomic E-state index is 5.53. The van der Waals surface area contributed by atoms with Crippen molar-refractivity contribution < 1.29 is 13.9 Å². The zero-order valence-electron chi connectivity index (χ0n) is 13.4. The Morgan fingerprint density at radius 1 is 1.12 bits per heavy atom. The van der Waals surface area contributed by atoms with E-state index in [9.17, 15) is 0 Å². The number of aliphatic imine (C=N–C) groups is 1. The van der Waals surface area contributed by atoms with E-state index in [1.54, 1.807) is 12.5 Å². The molecule has 0 saturated heterocycles. The average molecular weight is 410 g/mol. The first-order chi connectivity index (χ1) is 12.8. The van der Waals surface area contributed by atoms with Crippen LogP contribution in [0.4, 0.5) is 5.82 Å². The quantitative estimate of drug-likeness (QED) is 0.454. The molecule has 0 spiro atoms. The van der Waals surface area contributed by atoms with E-state index in [1.165, 1.54) is 0 Å². The molecule has 0 aliphatic carbocycles. The highest BCUT2D eigenvalue weighted by molar-refractivity contribution is 9.10. The second-order valence-corrected chi connectivity index (χ2v) is 6.53. The van der Waals surface area contributed by atoms with Gasteiger partial charge in [-0.1, -0.05) is 6.07 Å². The molecule has 26 heavy (non-hydrogen) atoms. The van der Waals surface area contributed by atoms with Gasteiger partial charge in [0.25, 0.3) is 0 Å². The predicted octanol–water partition coefficient (Wildman–Crippen LogP) is 4.84. The fourth-order valence-electron chi connectivity index (χ4n) is 2.85. The lowest BCUT2D eigenvalue weighted by Gasteiger charge is -2.02. The minimum absolute atomic E-state index is 0.234. The highest BCUT2D eigenvalue weighted by Gasteiger charge is 2.17. The van der Waals surface area contributed by atoms with Crippen LogP contribution in [0.15, 0.2) is 68.8 Å². The van der Waals surface area contributed by atoms with Gasteiger partial charge in [-0.15, -0.1) is 0 Å². The number of furan rings is 1. The molecule has 1 aliphatic rings. The van der Waals surface area contributed by atoms with Gasteiger partial charge in [0.2, 0.25) is 6.79 Å². The van der Waals surface area contributed by atoms with Crippen molar-refractivity contribution in [3.05, 3.63) is 65.0 Å². The molecule has 0 N–H and O–H groups in total. The Morgan fingerprint density at radius 3 is 2.85 bits per heavy atom. The monoisotopic (exact) mass is 409 g/mol. The Labute approximate surface area is 156 Å². The highest BCUT2D eigenvalue weighted by Crippen LogP contribution is 2.37. The van der Waals surface area contributed by atoms with Crippen LogP contribution in [-0.2, 0) is 0 Å². The van der Waals surface area contributed by atoms with Crippen molar-refractivity contribution in [2.45, 2.75) is 0 Å². The molecule has 0 saturated carbocycles. The average Bonchev–Trinajstić information content (AvgIpc) is 3.38. The van der Waals surface area contributed by atoms with Gasteiger partial charge in [0.1, 0.15) is 5.65 Å². The lowest BCUT2D eigenvalue weighted by Crippen LogP contribution is -1.92. The number of benzene rings is 1. The summed E-state index contributed by atoms with van der Waals surface area (Å²) in [6.07, 6.45) is 5.33. The first kappa shape index (κ1) is 15.2. The van der Waals surface area contributed by atoms with Crippen molar-refractivity contribution in [3.8, 4) is 23.0 Å². The molecular weight excluding hydrogens is 398 g/mol. The van der Waals surface area contributed by atoms with Crippen LogP contribution < -0.4 is 9.47 Å². The molecule has 0 fully saturated rings. The van der Waals surface area contributed by atoms with E-state index >= 15 is 0 Å². The van der Waals surface area contributed by atoms with Crippen LogP contribution in [0.25, 0.3) is 17.1 Å². The Bertz CT molecular complexity index is 1130. The van der Waals surface area contributed by atoms with E-state index in [1.807, 2.05) is 53.1 Å². The van der Waals surface area contributed by atoms with Crippen LogP contribution in [0.5, 0.6) is 11.5 Å². The number of ether oxygens (including phenoxy) is 2.